The largest absolute Gasteiger partial charge is 0.444 e. The summed E-state index contributed by atoms with van der Waals surface area (Å²) < 4.78 is 33.9. The second-order valence-electron chi connectivity index (χ2n) is 16.3. The lowest BCUT2D eigenvalue weighted by atomic mass is 9.83. The number of carbonyl (C=O) groups excluding carboxylic acids is 4. The molecule has 4 fully saturated rings. The van der Waals surface area contributed by atoms with Crippen LogP contribution in [-0.2, 0) is 42.2 Å². The van der Waals surface area contributed by atoms with E-state index in [-0.39, 0.29) is 36.8 Å². The lowest BCUT2D eigenvalue weighted by Gasteiger charge is -2.35. The van der Waals surface area contributed by atoms with E-state index in [1.54, 1.807) is 16.7 Å². The van der Waals surface area contributed by atoms with Gasteiger partial charge in [-0.05, 0) is 79.9 Å². The lowest BCUT2D eigenvalue weighted by Crippen LogP contribution is -2.59. The van der Waals surface area contributed by atoms with Crippen LogP contribution < -0.4 is 15.4 Å². The van der Waals surface area contributed by atoms with Gasteiger partial charge in [0.2, 0.25) is 21.8 Å². The normalized spacial score (nSPS) is 32.3. The van der Waals surface area contributed by atoms with Gasteiger partial charge in [-0.1, -0.05) is 74.7 Å². The Morgan fingerprint density at radius 3 is 2.65 bits per heavy atom. The summed E-state index contributed by atoms with van der Waals surface area (Å²) >= 11 is 1.63. The van der Waals surface area contributed by atoms with E-state index in [1.165, 1.54) is 4.90 Å². The van der Waals surface area contributed by atoms with Crippen molar-refractivity contribution in [1.82, 2.24) is 25.2 Å². The number of hydrogen-bond donors (Lipinski definition) is 3. The molecule has 0 aromatic heterocycles. The van der Waals surface area contributed by atoms with E-state index in [2.05, 4.69) is 33.6 Å². The third kappa shape index (κ3) is 7.63. The van der Waals surface area contributed by atoms with Gasteiger partial charge in [0.05, 0.1) is 24.4 Å². The fraction of sp³-hybridized carbons (Fsp3) is 0.667. The first-order valence-corrected chi connectivity index (χ1v) is 22.5. The summed E-state index contributed by atoms with van der Waals surface area (Å²) in [5.41, 5.74) is 1.84. The number of aliphatic imine (C=N–C) groups is 1. The number of nitrogens with one attached hydrogen (secondary N) is 3. The minimum absolute atomic E-state index is 0.0248. The van der Waals surface area contributed by atoms with Gasteiger partial charge in [0, 0.05) is 18.7 Å². The van der Waals surface area contributed by atoms with Gasteiger partial charge >= 0.3 is 6.09 Å². The number of hydrogen-bond acceptors (Lipinski definition) is 10. The molecule has 4 aliphatic heterocycles. The molecule has 15 heteroatoms. The minimum atomic E-state index is -3.84. The van der Waals surface area contributed by atoms with Crippen molar-refractivity contribution in [3.8, 4) is 0 Å². The maximum atomic E-state index is 14.9. The average Bonchev–Trinajstić information content (AvgIpc) is 3.98. The van der Waals surface area contributed by atoms with Crippen molar-refractivity contribution in [3.63, 3.8) is 0 Å². The van der Waals surface area contributed by atoms with Gasteiger partial charge in [0.25, 0.3) is 5.91 Å². The molecule has 1 saturated heterocycles. The maximum absolute atomic E-state index is 14.9. The third-order valence-electron chi connectivity index (χ3n) is 12.5. The van der Waals surface area contributed by atoms with Crippen molar-refractivity contribution in [2.24, 2.45) is 16.8 Å². The van der Waals surface area contributed by atoms with Gasteiger partial charge in [-0.25, -0.2) is 13.2 Å². The molecular formula is C39H52N6O7S2. The third-order valence-corrected chi connectivity index (χ3v) is 15.4. The van der Waals surface area contributed by atoms with E-state index in [4.69, 9.17) is 9.73 Å². The molecule has 8 rings (SSSR count). The van der Waals surface area contributed by atoms with Gasteiger partial charge in [0.1, 0.15) is 23.7 Å². The molecule has 1 aromatic carbocycles. The summed E-state index contributed by atoms with van der Waals surface area (Å²) in [5, 5.41) is 6.62. The fourth-order valence-electron chi connectivity index (χ4n) is 9.11. The molecule has 3 saturated carbocycles. The highest BCUT2D eigenvalue weighted by Crippen LogP contribution is 2.47. The van der Waals surface area contributed by atoms with E-state index in [0.717, 1.165) is 79.0 Å². The quantitative estimate of drug-likeness (QED) is 0.368. The number of nitrogens with zero attached hydrogens (tertiary/aromatic N) is 3. The number of fused-ring (bicyclic) bond motifs is 4. The van der Waals surface area contributed by atoms with Gasteiger partial charge in [-0.2, -0.15) is 0 Å². The molecule has 4 heterocycles. The number of rotatable bonds is 7. The van der Waals surface area contributed by atoms with Gasteiger partial charge in [0.15, 0.2) is 5.17 Å². The van der Waals surface area contributed by atoms with Crippen LogP contribution in [0.25, 0.3) is 6.08 Å². The Morgan fingerprint density at radius 1 is 1.07 bits per heavy atom. The Balaban J connectivity index is 1.08. The van der Waals surface area contributed by atoms with Crippen molar-refractivity contribution >= 4 is 56.8 Å². The van der Waals surface area contributed by atoms with Crippen LogP contribution in [-0.4, -0.2) is 94.5 Å². The molecule has 54 heavy (non-hydrogen) atoms. The molecule has 0 spiro atoms. The number of sulfonamides is 1. The first kappa shape index (κ1) is 37.3. The van der Waals surface area contributed by atoms with E-state index < -0.39 is 56.9 Å². The van der Waals surface area contributed by atoms with Crippen molar-refractivity contribution in [2.75, 3.05) is 12.3 Å². The molecular weight excluding hydrogens is 729 g/mol. The highest BCUT2D eigenvalue weighted by atomic mass is 32.2. The number of ether oxygens (including phenoxy) is 1. The van der Waals surface area contributed by atoms with Crippen LogP contribution in [0.3, 0.4) is 0 Å². The van der Waals surface area contributed by atoms with Gasteiger partial charge < -0.3 is 20.3 Å². The summed E-state index contributed by atoms with van der Waals surface area (Å²) in [6.07, 6.45) is 12.7. The number of amides is 4. The lowest BCUT2D eigenvalue weighted by molar-refractivity contribution is -0.142. The fourth-order valence-corrected chi connectivity index (χ4v) is 11.5. The molecule has 1 aromatic rings. The summed E-state index contributed by atoms with van der Waals surface area (Å²) in [4.78, 5) is 64.9. The SMILES string of the molecule is CC[C@@H]1C[C@]1(NC(=O)[C@@H]1C[C@@H]2CN1C(=O)[C@H](C1CCCCC1)NC1=NC(CCC/C=C/c3cccc4c3CN(C4)C(=O)O2)CS1)C(=O)NS(=O)(=O)C1CC1. The summed E-state index contributed by atoms with van der Waals surface area (Å²) in [7, 11) is -3.84. The molecule has 4 amide bonds. The first-order valence-electron chi connectivity index (χ1n) is 19.9. The molecule has 0 radical (unpaired) electrons. The van der Waals surface area contributed by atoms with E-state index >= 15 is 0 Å². The minimum Gasteiger partial charge on any atom is -0.444 e. The van der Waals surface area contributed by atoms with Crippen molar-refractivity contribution in [1.29, 1.82) is 0 Å². The van der Waals surface area contributed by atoms with Gasteiger partial charge in [-0.15, -0.1) is 0 Å². The Bertz CT molecular complexity index is 1840. The van der Waals surface area contributed by atoms with Crippen LogP contribution in [0.1, 0.15) is 107 Å². The average molecular weight is 781 g/mol. The van der Waals surface area contributed by atoms with Crippen molar-refractivity contribution in [3.05, 3.63) is 41.0 Å². The molecule has 292 valence electrons. The maximum Gasteiger partial charge on any atom is 0.410 e. The molecule has 3 N–H and O–H groups in total. The monoisotopic (exact) mass is 780 g/mol. The predicted octanol–water partition coefficient (Wildman–Crippen LogP) is 4.21. The number of allylic oxidation sites excluding steroid dienone is 1. The van der Waals surface area contributed by atoms with E-state index in [9.17, 15) is 27.6 Å². The highest BCUT2D eigenvalue weighted by molar-refractivity contribution is 8.14. The molecule has 13 nitrogen and oxygen atoms in total. The summed E-state index contributed by atoms with van der Waals surface area (Å²) in [6.45, 7) is 2.73. The molecule has 1 unspecified atom stereocenters. The van der Waals surface area contributed by atoms with E-state index in [0.29, 0.717) is 38.8 Å². The second kappa shape index (κ2) is 15.2. The van der Waals surface area contributed by atoms with E-state index in [1.807, 2.05) is 19.1 Å². The Labute approximate surface area is 321 Å². The predicted molar refractivity (Wildman–Crippen MR) is 205 cm³/mol. The highest BCUT2D eigenvalue weighted by Gasteiger charge is 2.62. The van der Waals surface area contributed by atoms with Crippen LogP contribution >= 0.6 is 11.8 Å². The number of carbonyl (C=O) groups is 4. The Kier molecular flexibility index (Phi) is 10.5. The van der Waals surface area contributed by atoms with Crippen LogP contribution in [0.4, 0.5) is 4.79 Å². The standard InChI is InChI=1S/C39H52N6O7S2/c1-2-27-19-39(27,36(48)43-54(50,51)30-16-17-30)42-34(46)32-18-29-21-45(32)35(47)33(25-11-6-3-7-12-25)41-37-40-28(23-53-37)15-8-4-5-10-24-13-9-14-26-20-44(22-31(24)26)38(49)52-29/h5,9-10,13-14,25,27-30,32-33H,2-4,6-8,11-12,15-23H2,1H3,(H,40,41)(H,42,46)(H,43,48)/b10-5+/t27-,28?,29-,32+,33+,39-/m1/s1. The zero-order valence-electron chi connectivity index (χ0n) is 31.0. The molecule has 3 aliphatic carbocycles. The van der Waals surface area contributed by atoms with Crippen molar-refractivity contribution < 1.29 is 32.3 Å². The zero-order chi connectivity index (χ0) is 37.6. The Morgan fingerprint density at radius 2 is 1.89 bits per heavy atom. The number of benzene rings is 1. The number of amidine groups is 1. The first-order chi connectivity index (χ1) is 26.0. The summed E-state index contributed by atoms with van der Waals surface area (Å²) in [5.74, 6) is -0.890. The van der Waals surface area contributed by atoms with Crippen LogP contribution in [0, 0.1) is 11.8 Å². The van der Waals surface area contributed by atoms with Crippen LogP contribution in [0.15, 0.2) is 29.3 Å². The second-order valence-corrected chi connectivity index (χ2v) is 19.3. The van der Waals surface area contributed by atoms with Crippen LogP contribution in [0.2, 0.25) is 0 Å². The molecule has 7 aliphatic rings. The summed E-state index contributed by atoms with van der Waals surface area (Å²) in [6, 6.07) is 4.60. The van der Waals surface area contributed by atoms with Crippen molar-refractivity contribution in [2.45, 2.75) is 139 Å². The molecule has 6 bridgehead atoms. The van der Waals surface area contributed by atoms with Gasteiger partial charge in [-0.3, -0.25) is 29.0 Å². The smallest absolute Gasteiger partial charge is 0.410 e. The number of thioether (sulfide) groups is 1. The zero-order valence-corrected chi connectivity index (χ0v) is 32.6. The Hall–Kier alpha value is -3.59. The topological polar surface area (TPSA) is 167 Å². The van der Waals surface area contributed by atoms with Crippen LogP contribution in [0.5, 0.6) is 0 Å². The molecule has 6 atom stereocenters.